The molecule has 0 bridgehead atoms. The van der Waals surface area contributed by atoms with Gasteiger partial charge in [0.05, 0.1) is 18.4 Å². The molecule has 3 rings (SSSR count). The fourth-order valence-electron chi connectivity index (χ4n) is 2.66. The van der Waals surface area contributed by atoms with Crippen molar-refractivity contribution < 1.29 is 27.1 Å². The molecule has 0 aliphatic rings. The first kappa shape index (κ1) is 20.7. The maximum absolute atomic E-state index is 12.9. The van der Waals surface area contributed by atoms with Gasteiger partial charge in [0.15, 0.2) is 0 Å². The highest BCUT2D eigenvalue weighted by atomic mass is 19.4. The zero-order chi connectivity index (χ0) is 21.7. The van der Waals surface area contributed by atoms with Gasteiger partial charge >= 0.3 is 6.18 Å². The van der Waals surface area contributed by atoms with Crippen LogP contribution < -0.4 is 10.1 Å². The summed E-state index contributed by atoms with van der Waals surface area (Å²) in [5.41, 5.74) is -0.440. The number of halogens is 3. The average Bonchev–Trinajstić information content (AvgIpc) is 3.20. The summed E-state index contributed by atoms with van der Waals surface area (Å²) in [7, 11) is 1.45. The number of benzene rings is 2. The molecule has 152 valence electrons. The van der Waals surface area contributed by atoms with Gasteiger partial charge in [-0.2, -0.15) is 18.4 Å². The Hall–Kier alpha value is -3.99. The molecule has 1 amide bonds. The second-order valence-electron chi connectivity index (χ2n) is 6.10. The Morgan fingerprint density at radius 3 is 2.60 bits per heavy atom. The van der Waals surface area contributed by atoms with Crippen LogP contribution in [0.1, 0.15) is 11.3 Å². The van der Waals surface area contributed by atoms with E-state index in [9.17, 15) is 23.2 Å². The molecule has 1 aromatic heterocycles. The van der Waals surface area contributed by atoms with E-state index in [1.165, 1.54) is 37.5 Å². The number of ether oxygens (including phenoxy) is 1. The first-order chi connectivity index (χ1) is 14.3. The number of para-hydroxylation sites is 2. The summed E-state index contributed by atoms with van der Waals surface area (Å²) in [5, 5.41) is 11.9. The Morgan fingerprint density at radius 1 is 1.13 bits per heavy atom. The van der Waals surface area contributed by atoms with Gasteiger partial charge in [0.1, 0.15) is 28.9 Å². The summed E-state index contributed by atoms with van der Waals surface area (Å²) < 4.78 is 49.4. The van der Waals surface area contributed by atoms with Gasteiger partial charge in [-0.3, -0.25) is 4.79 Å². The van der Waals surface area contributed by atoms with E-state index in [0.717, 1.165) is 12.1 Å². The maximum Gasteiger partial charge on any atom is 0.416 e. The normalized spacial score (nSPS) is 11.6. The van der Waals surface area contributed by atoms with Crippen molar-refractivity contribution >= 4 is 17.7 Å². The number of rotatable bonds is 5. The van der Waals surface area contributed by atoms with Crippen LogP contribution in [-0.2, 0) is 11.0 Å². The summed E-state index contributed by atoms with van der Waals surface area (Å²) in [4.78, 5) is 12.4. The van der Waals surface area contributed by atoms with Gasteiger partial charge in [-0.1, -0.05) is 24.3 Å². The Balaban J connectivity index is 1.84. The smallest absolute Gasteiger partial charge is 0.416 e. The molecule has 8 heteroatoms. The average molecular weight is 412 g/mol. The van der Waals surface area contributed by atoms with Crippen molar-refractivity contribution in [2.75, 3.05) is 12.4 Å². The third kappa shape index (κ3) is 4.70. The lowest BCUT2D eigenvalue weighted by Crippen LogP contribution is -2.14. The summed E-state index contributed by atoms with van der Waals surface area (Å²) in [6, 6.07) is 16.1. The quantitative estimate of drug-likeness (QED) is 0.442. The largest absolute Gasteiger partial charge is 0.495 e. The summed E-state index contributed by atoms with van der Waals surface area (Å²) >= 11 is 0. The molecular formula is C22H15F3N2O3. The number of nitrogens with one attached hydrogen (secondary N) is 1. The van der Waals surface area contributed by atoms with Crippen LogP contribution in [-0.4, -0.2) is 13.0 Å². The molecule has 1 N–H and O–H groups in total. The van der Waals surface area contributed by atoms with E-state index in [1.807, 2.05) is 0 Å². The van der Waals surface area contributed by atoms with Gasteiger partial charge in [-0.05, 0) is 36.4 Å². The number of carbonyl (C=O) groups is 1. The van der Waals surface area contributed by atoms with Crippen molar-refractivity contribution in [2.45, 2.75) is 6.18 Å². The lowest BCUT2D eigenvalue weighted by molar-refractivity contribution is -0.137. The second kappa shape index (κ2) is 8.57. The Morgan fingerprint density at radius 2 is 1.90 bits per heavy atom. The molecule has 0 spiro atoms. The van der Waals surface area contributed by atoms with Gasteiger partial charge < -0.3 is 14.5 Å². The monoisotopic (exact) mass is 412 g/mol. The minimum absolute atomic E-state index is 0.147. The van der Waals surface area contributed by atoms with Crippen LogP contribution in [0.4, 0.5) is 18.9 Å². The predicted molar refractivity (Wildman–Crippen MR) is 104 cm³/mol. The molecular weight excluding hydrogens is 397 g/mol. The molecule has 3 aromatic rings. The summed E-state index contributed by atoms with van der Waals surface area (Å²) in [6.07, 6.45) is -3.27. The number of furan rings is 1. The number of carbonyl (C=O) groups excluding carboxylic acids is 1. The van der Waals surface area contributed by atoms with Crippen molar-refractivity contribution in [3.8, 4) is 23.1 Å². The first-order valence-electron chi connectivity index (χ1n) is 8.65. The van der Waals surface area contributed by atoms with Crippen LogP contribution in [0.15, 0.2) is 70.7 Å². The number of anilines is 1. The van der Waals surface area contributed by atoms with Gasteiger partial charge in [0.2, 0.25) is 0 Å². The van der Waals surface area contributed by atoms with E-state index < -0.39 is 17.6 Å². The van der Waals surface area contributed by atoms with E-state index in [1.54, 1.807) is 30.3 Å². The lowest BCUT2D eigenvalue weighted by atomic mass is 10.1. The lowest BCUT2D eigenvalue weighted by Gasteiger charge is -2.09. The van der Waals surface area contributed by atoms with Gasteiger partial charge in [0, 0.05) is 11.6 Å². The summed E-state index contributed by atoms with van der Waals surface area (Å²) in [5.74, 6) is 0.0657. The first-order valence-corrected chi connectivity index (χ1v) is 8.65. The Bertz CT molecular complexity index is 1140. The fourth-order valence-corrected chi connectivity index (χ4v) is 2.66. The highest BCUT2D eigenvalue weighted by molar-refractivity contribution is 6.10. The highest BCUT2D eigenvalue weighted by Gasteiger charge is 2.30. The zero-order valence-electron chi connectivity index (χ0n) is 15.7. The number of hydrogen-bond acceptors (Lipinski definition) is 4. The number of nitriles is 1. The van der Waals surface area contributed by atoms with Gasteiger partial charge in [0.25, 0.3) is 5.91 Å². The Labute approximate surface area is 170 Å². The molecule has 0 aliphatic heterocycles. The molecule has 2 aromatic carbocycles. The van der Waals surface area contributed by atoms with Crippen LogP contribution in [0.25, 0.3) is 17.4 Å². The number of hydrogen-bond donors (Lipinski definition) is 1. The molecule has 0 aliphatic carbocycles. The molecule has 0 fully saturated rings. The standard InChI is InChI=1S/C22H15F3N2O3/c1-29-20-8-3-2-7-18(20)27-21(28)15(13-26)12-17-9-10-19(30-17)14-5-4-6-16(11-14)22(23,24)25/h2-12H,1H3,(H,27,28)/b15-12-. The van der Waals surface area contributed by atoms with Crippen molar-refractivity contribution in [1.82, 2.24) is 0 Å². The van der Waals surface area contributed by atoms with Crippen LogP contribution in [0.2, 0.25) is 0 Å². The van der Waals surface area contributed by atoms with E-state index >= 15 is 0 Å². The van der Waals surface area contributed by atoms with Gasteiger partial charge in [-0.25, -0.2) is 0 Å². The number of methoxy groups -OCH3 is 1. The predicted octanol–water partition coefficient (Wildman–Crippen LogP) is 5.52. The SMILES string of the molecule is COc1ccccc1NC(=O)/C(C#N)=C\c1ccc(-c2cccc(C(F)(F)F)c2)o1. The third-order valence-corrected chi connectivity index (χ3v) is 4.11. The molecule has 0 saturated carbocycles. The third-order valence-electron chi connectivity index (χ3n) is 4.11. The van der Waals surface area contributed by atoms with Crippen LogP contribution in [0.3, 0.4) is 0 Å². The highest BCUT2D eigenvalue weighted by Crippen LogP contribution is 2.33. The molecule has 0 unspecified atom stereocenters. The number of amides is 1. The van der Waals surface area contributed by atoms with Crippen molar-refractivity contribution in [1.29, 1.82) is 5.26 Å². The van der Waals surface area contributed by atoms with E-state index in [0.29, 0.717) is 11.4 Å². The molecule has 0 saturated heterocycles. The molecule has 5 nitrogen and oxygen atoms in total. The van der Waals surface area contributed by atoms with E-state index in [4.69, 9.17) is 9.15 Å². The van der Waals surface area contributed by atoms with Gasteiger partial charge in [-0.15, -0.1) is 0 Å². The van der Waals surface area contributed by atoms with Crippen LogP contribution in [0.5, 0.6) is 5.75 Å². The topological polar surface area (TPSA) is 75.3 Å². The van der Waals surface area contributed by atoms with Crippen molar-refractivity contribution in [3.05, 3.63) is 77.6 Å². The summed E-state index contributed by atoms with van der Waals surface area (Å²) in [6.45, 7) is 0. The van der Waals surface area contributed by atoms with E-state index in [2.05, 4.69) is 5.32 Å². The minimum Gasteiger partial charge on any atom is -0.495 e. The zero-order valence-corrected chi connectivity index (χ0v) is 15.7. The Kier molecular flexibility index (Phi) is 5.93. The van der Waals surface area contributed by atoms with E-state index in [-0.39, 0.29) is 22.7 Å². The number of alkyl halides is 3. The maximum atomic E-state index is 12.9. The second-order valence-corrected chi connectivity index (χ2v) is 6.10. The van der Waals surface area contributed by atoms with Crippen LogP contribution >= 0.6 is 0 Å². The van der Waals surface area contributed by atoms with Crippen LogP contribution in [0, 0.1) is 11.3 Å². The van der Waals surface area contributed by atoms with Crippen molar-refractivity contribution in [2.24, 2.45) is 0 Å². The minimum atomic E-state index is -4.48. The molecule has 30 heavy (non-hydrogen) atoms. The van der Waals surface area contributed by atoms with Crippen molar-refractivity contribution in [3.63, 3.8) is 0 Å². The fraction of sp³-hybridized carbons (Fsp3) is 0.0909. The molecule has 0 radical (unpaired) electrons. The molecule has 1 heterocycles. The number of nitrogens with zero attached hydrogens (tertiary/aromatic N) is 1. The molecule has 0 atom stereocenters.